The zero-order valence-corrected chi connectivity index (χ0v) is 25.7. The number of carbonyl (C=O) groups excluding carboxylic acids is 1. The first-order valence-corrected chi connectivity index (χ1v) is 15.0. The Bertz CT molecular complexity index is 1810. The van der Waals surface area contributed by atoms with Crippen LogP contribution in [0.3, 0.4) is 0 Å². The Morgan fingerprint density at radius 1 is 0.976 bits per heavy atom. The van der Waals surface area contributed by atoms with Gasteiger partial charge in [0.15, 0.2) is 16.3 Å². The van der Waals surface area contributed by atoms with Crippen LogP contribution >= 0.6 is 27.3 Å². The number of methoxy groups -OCH3 is 1. The van der Waals surface area contributed by atoms with Gasteiger partial charge in [0, 0.05) is 16.2 Å². The van der Waals surface area contributed by atoms with Crippen molar-refractivity contribution in [2.24, 2.45) is 4.99 Å². The van der Waals surface area contributed by atoms with Crippen molar-refractivity contribution in [3.05, 3.63) is 119 Å². The molecule has 2 heterocycles. The largest absolute Gasteiger partial charge is 0.490 e. The highest BCUT2D eigenvalue weighted by atomic mass is 79.9. The third-order valence-corrected chi connectivity index (χ3v) is 7.99. The van der Waals surface area contributed by atoms with Crippen molar-refractivity contribution in [1.82, 2.24) is 4.57 Å². The first kappa shape index (κ1) is 29.3. The van der Waals surface area contributed by atoms with Gasteiger partial charge in [0.1, 0.15) is 12.4 Å². The lowest BCUT2D eigenvalue weighted by molar-refractivity contribution is -0.136. The highest BCUT2D eigenvalue weighted by Gasteiger charge is 2.31. The van der Waals surface area contributed by atoms with Crippen LogP contribution < -0.4 is 29.1 Å². The summed E-state index contributed by atoms with van der Waals surface area (Å²) in [4.78, 5) is 31.8. The van der Waals surface area contributed by atoms with E-state index in [0.717, 1.165) is 15.6 Å². The molecule has 0 amide bonds. The van der Waals surface area contributed by atoms with Crippen molar-refractivity contribution in [2.75, 3.05) is 20.3 Å². The van der Waals surface area contributed by atoms with E-state index in [1.165, 1.54) is 29.2 Å². The van der Waals surface area contributed by atoms with Gasteiger partial charge in [0.05, 0.1) is 36.5 Å². The number of fused-ring (bicyclic) bond motifs is 1. The molecule has 8 nitrogen and oxygen atoms in total. The highest BCUT2D eigenvalue weighted by molar-refractivity contribution is 9.10. The van der Waals surface area contributed by atoms with Crippen LogP contribution in [0, 0.1) is 0 Å². The quantitative estimate of drug-likeness (QED) is 0.221. The average Bonchev–Trinajstić information content (AvgIpc) is 3.32. The minimum atomic E-state index is -0.776. The van der Waals surface area contributed by atoms with E-state index >= 15 is 0 Å². The molecular weight excluding hydrogens is 620 g/mol. The second kappa shape index (κ2) is 13.2. The summed E-state index contributed by atoms with van der Waals surface area (Å²) in [6.07, 6.45) is 3.26. The van der Waals surface area contributed by atoms with E-state index in [-0.39, 0.29) is 11.1 Å². The van der Waals surface area contributed by atoms with Crippen LogP contribution in [-0.4, -0.2) is 30.9 Å². The molecule has 1 aromatic heterocycles. The highest BCUT2D eigenvalue weighted by Crippen LogP contribution is 2.35. The third-order valence-electron chi connectivity index (χ3n) is 6.50. The zero-order valence-electron chi connectivity index (χ0n) is 23.3. The molecule has 1 aliphatic heterocycles. The van der Waals surface area contributed by atoms with Gasteiger partial charge in [0.25, 0.3) is 5.56 Å². The van der Waals surface area contributed by atoms with E-state index in [2.05, 4.69) is 20.9 Å². The molecule has 3 aromatic carbocycles. The fourth-order valence-electron chi connectivity index (χ4n) is 4.63. The fraction of sp³-hybridized carbons (Fsp3) is 0.219. The molecule has 4 aromatic rings. The standard InChI is InChI=1S/C32H29BrN2O6S/c1-4-39-26-13-11-21(16-27(26)40-5-2)29-24(31(37)38-3)18-34-32-35(29)30(36)28(42-32)17-22-15-23(33)12-14-25(22)41-19-20-9-7-6-8-10-20/h6-18,29H,4-5,19H2,1-3H3/b28-17-/t29-/m0/s1. The third kappa shape index (κ3) is 6.19. The maximum atomic E-state index is 14.0. The van der Waals surface area contributed by atoms with Gasteiger partial charge >= 0.3 is 5.97 Å². The van der Waals surface area contributed by atoms with E-state index in [4.69, 9.17) is 18.9 Å². The number of carbonyl (C=O) groups is 1. The first-order chi connectivity index (χ1) is 20.4. The molecular formula is C32H29BrN2O6S. The average molecular weight is 650 g/mol. The maximum absolute atomic E-state index is 14.0. The van der Waals surface area contributed by atoms with Crippen LogP contribution in [0.5, 0.6) is 17.2 Å². The minimum Gasteiger partial charge on any atom is -0.490 e. The van der Waals surface area contributed by atoms with Crippen LogP contribution in [0.1, 0.15) is 36.6 Å². The van der Waals surface area contributed by atoms with Gasteiger partial charge in [-0.15, -0.1) is 0 Å². The molecule has 0 unspecified atom stereocenters. The second-order valence-electron chi connectivity index (χ2n) is 9.20. The number of ether oxygens (including phenoxy) is 4. The van der Waals surface area contributed by atoms with E-state index in [0.29, 0.717) is 52.0 Å². The molecule has 5 rings (SSSR count). The van der Waals surface area contributed by atoms with Crippen molar-refractivity contribution >= 4 is 39.3 Å². The number of halogens is 1. The van der Waals surface area contributed by atoms with Gasteiger partial charge in [-0.05, 0) is 61.4 Å². The predicted octanol–water partition coefficient (Wildman–Crippen LogP) is 5.16. The van der Waals surface area contributed by atoms with E-state index in [1.807, 2.05) is 68.4 Å². The summed E-state index contributed by atoms with van der Waals surface area (Å²) >= 11 is 4.77. The first-order valence-electron chi connectivity index (χ1n) is 13.4. The lowest BCUT2D eigenvalue weighted by atomic mass is 9.97. The molecule has 0 spiro atoms. The number of benzene rings is 3. The summed E-state index contributed by atoms with van der Waals surface area (Å²) in [5.41, 5.74) is 2.36. The van der Waals surface area contributed by atoms with E-state index in [1.54, 1.807) is 18.2 Å². The summed E-state index contributed by atoms with van der Waals surface area (Å²) in [5, 5.41) is 0. The molecule has 42 heavy (non-hydrogen) atoms. The van der Waals surface area contributed by atoms with Gasteiger partial charge in [-0.25, -0.2) is 9.79 Å². The Kier molecular flexibility index (Phi) is 9.24. The normalized spacial score (nSPS) is 14.4. The molecule has 0 aliphatic carbocycles. The van der Waals surface area contributed by atoms with Gasteiger partial charge in [-0.1, -0.05) is 63.7 Å². The van der Waals surface area contributed by atoms with Crippen molar-refractivity contribution in [3.8, 4) is 17.2 Å². The number of hydrogen-bond donors (Lipinski definition) is 0. The lowest BCUT2D eigenvalue weighted by Gasteiger charge is -2.23. The Morgan fingerprint density at radius 3 is 2.45 bits per heavy atom. The van der Waals surface area contributed by atoms with Crippen LogP contribution in [0.15, 0.2) is 92.8 Å². The van der Waals surface area contributed by atoms with Gasteiger partial charge < -0.3 is 18.9 Å². The smallest absolute Gasteiger partial charge is 0.337 e. The number of aromatic nitrogens is 1. The maximum Gasteiger partial charge on any atom is 0.337 e. The predicted molar refractivity (Wildman–Crippen MR) is 165 cm³/mol. The SMILES string of the molecule is CCOc1ccc([C@H]2C(C(=O)OC)=CN=c3s/c(=C\c4cc(Br)ccc4OCc4ccccc4)c(=O)n32)cc1OCC. The molecule has 0 saturated carbocycles. The van der Waals surface area contributed by atoms with Crippen molar-refractivity contribution in [2.45, 2.75) is 26.5 Å². The molecule has 1 aliphatic rings. The number of nitrogens with zero attached hydrogens (tertiary/aromatic N) is 2. The molecule has 0 fully saturated rings. The summed E-state index contributed by atoms with van der Waals surface area (Å²) in [6.45, 7) is 5.04. The molecule has 216 valence electrons. The monoisotopic (exact) mass is 648 g/mol. The molecule has 10 heteroatoms. The number of esters is 1. The molecule has 0 radical (unpaired) electrons. The minimum absolute atomic E-state index is 0.234. The summed E-state index contributed by atoms with van der Waals surface area (Å²) in [6, 6.07) is 20.1. The van der Waals surface area contributed by atoms with Crippen molar-refractivity contribution in [3.63, 3.8) is 0 Å². The molecule has 0 N–H and O–H groups in total. The Labute approximate surface area is 255 Å². The molecule has 0 bridgehead atoms. The van der Waals surface area contributed by atoms with E-state index in [9.17, 15) is 9.59 Å². The van der Waals surface area contributed by atoms with E-state index < -0.39 is 12.0 Å². The van der Waals surface area contributed by atoms with Crippen LogP contribution in [0.2, 0.25) is 0 Å². The Morgan fingerprint density at radius 2 is 1.71 bits per heavy atom. The van der Waals surface area contributed by atoms with Crippen LogP contribution in [-0.2, 0) is 16.1 Å². The Hall–Kier alpha value is -4.15. The van der Waals surface area contributed by atoms with Gasteiger partial charge in [-0.3, -0.25) is 9.36 Å². The topological polar surface area (TPSA) is 88.4 Å². The van der Waals surface area contributed by atoms with Crippen molar-refractivity contribution in [1.29, 1.82) is 0 Å². The summed E-state index contributed by atoms with van der Waals surface area (Å²) in [5.74, 6) is 1.16. The van der Waals surface area contributed by atoms with Gasteiger partial charge in [-0.2, -0.15) is 0 Å². The van der Waals surface area contributed by atoms with Crippen LogP contribution in [0.25, 0.3) is 6.08 Å². The summed E-state index contributed by atoms with van der Waals surface area (Å²) < 4.78 is 25.6. The zero-order chi connectivity index (χ0) is 29.6. The summed E-state index contributed by atoms with van der Waals surface area (Å²) in [7, 11) is 1.30. The number of thiazole rings is 1. The number of hydrogen-bond acceptors (Lipinski definition) is 8. The lowest BCUT2D eigenvalue weighted by Crippen LogP contribution is -2.39. The second-order valence-corrected chi connectivity index (χ2v) is 11.1. The van der Waals surface area contributed by atoms with Crippen molar-refractivity contribution < 1.29 is 23.7 Å². The van der Waals surface area contributed by atoms with Gasteiger partial charge in [0.2, 0.25) is 0 Å². The molecule has 0 saturated heterocycles. The number of rotatable bonds is 10. The Balaban J connectivity index is 1.61. The molecule has 1 atom stereocenters. The van der Waals surface area contributed by atoms with Crippen LogP contribution in [0.4, 0.5) is 0 Å². The fourth-order valence-corrected chi connectivity index (χ4v) is 5.97.